The molecule has 0 bridgehead atoms. The van der Waals surface area contributed by atoms with Gasteiger partial charge in [0.1, 0.15) is 5.76 Å². The van der Waals surface area contributed by atoms with Gasteiger partial charge >= 0.3 is 0 Å². The molecule has 0 aromatic carbocycles. The van der Waals surface area contributed by atoms with Gasteiger partial charge in [-0.3, -0.25) is 0 Å². The van der Waals surface area contributed by atoms with Crippen LogP contribution in [-0.4, -0.2) is 30.2 Å². The second-order valence-electron chi connectivity index (χ2n) is 4.58. The molecule has 2 unspecified atom stereocenters. The van der Waals surface area contributed by atoms with Gasteiger partial charge in [-0.1, -0.05) is 6.92 Å². The molecule has 0 radical (unpaired) electrons. The third-order valence-electron chi connectivity index (χ3n) is 3.22. The summed E-state index contributed by atoms with van der Waals surface area (Å²) in [7, 11) is 0. The highest BCUT2D eigenvalue weighted by Gasteiger charge is 2.29. The molecular formula is C13H23NOS. The van der Waals surface area contributed by atoms with Gasteiger partial charge in [0.2, 0.25) is 0 Å². The van der Waals surface area contributed by atoms with Gasteiger partial charge < -0.3 is 10.1 Å². The van der Waals surface area contributed by atoms with Gasteiger partial charge in [-0.25, -0.2) is 0 Å². The number of rotatable bonds is 5. The van der Waals surface area contributed by atoms with Crippen molar-refractivity contribution in [2.24, 2.45) is 0 Å². The molecule has 3 heteroatoms. The van der Waals surface area contributed by atoms with E-state index in [2.05, 4.69) is 30.1 Å². The summed E-state index contributed by atoms with van der Waals surface area (Å²) < 4.78 is 5.83. The van der Waals surface area contributed by atoms with Gasteiger partial charge in [0.25, 0.3) is 0 Å². The lowest BCUT2D eigenvalue weighted by molar-refractivity contribution is 0.166. The van der Waals surface area contributed by atoms with E-state index < -0.39 is 0 Å². The molecule has 0 spiro atoms. The van der Waals surface area contributed by atoms with Crippen molar-refractivity contribution >= 4 is 11.8 Å². The van der Waals surface area contributed by atoms with Crippen molar-refractivity contribution in [2.45, 2.75) is 50.3 Å². The van der Waals surface area contributed by atoms with Crippen LogP contribution in [0.4, 0.5) is 0 Å². The number of hydrogen-bond acceptors (Lipinski definition) is 3. The SMILES string of the molecule is CCCNC(C1=CCCCO1)C1CCCS1. The molecule has 0 amide bonds. The lowest BCUT2D eigenvalue weighted by Crippen LogP contribution is -2.40. The standard InChI is InChI=1S/C13H23NOS/c1-2-8-14-13(12-7-5-10-16-12)11-6-3-4-9-15-11/h6,12-14H,2-5,7-10H2,1H3. The predicted octanol–water partition coefficient (Wildman–Crippen LogP) is 2.94. The van der Waals surface area contributed by atoms with Crippen molar-refractivity contribution in [1.82, 2.24) is 5.32 Å². The zero-order chi connectivity index (χ0) is 11.2. The van der Waals surface area contributed by atoms with Crippen LogP contribution < -0.4 is 5.32 Å². The first kappa shape index (κ1) is 12.3. The van der Waals surface area contributed by atoms with Crippen molar-refractivity contribution in [3.8, 4) is 0 Å². The highest BCUT2D eigenvalue weighted by molar-refractivity contribution is 8.00. The van der Waals surface area contributed by atoms with E-state index in [-0.39, 0.29) is 0 Å². The maximum atomic E-state index is 5.83. The molecule has 2 aliphatic rings. The number of nitrogens with one attached hydrogen (secondary N) is 1. The van der Waals surface area contributed by atoms with E-state index in [0.717, 1.165) is 18.4 Å². The third kappa shape index (κ3) is 3.17. The summed E-state index contributed by atoms with van der Waals surface area (Å²) in [4.78, 5) is 0. The molecule has 2 atom stereocenters. The van der Waals surface area contributed by atoms with E-state index in [1.807, 2.05) is 0 Å². The lowest BCUT2D eigenvalue weighted by Gasteiger charge is -2.28. The first-order chi connectivity index (χ1) is 7.92. The maximum Gasteiger partial charge on any atom is 0.110 e. The van der Waals surface area contributed by atoms with Crippen molar-refractivity contribution in [2.75, 3.05) is 18.9 Å². The summed E-state index contributed by atoms with van der Waals surface area (Å²) in [6, 6.07) is 0.466. The monoisotopic (exact) mass is 241 g/mol. The fraction of sp³-hybridized carbons (Fsp3) is 0.846. The molecule has 92 valence electrons. The van der Waals surface area contributed by atoms with Crippen LogP contribution in [0.2, 0.25) is 0 Å². The van der Waals surface area contributed by atoms with Crippen molar-refractivity contribution < 1.29 is 4.74 Å². The van der Waals surface area contributed by atoms with Crippen LogP contribution in [0.3, 0.4) is 0 Å². The fourth-order valence-corrected chi connectivity index (χ4v) is 3.77. The summed E-state index contributed by atoms with van der Waals surface area (Å²) in [5.74, 6) is 2.54. The van der Waals surface area contributed by atoms with Crippen LogP contribution in [0.15, 0.2) is 11.8 Å². The highest BCUT2D eigenvalue weighted by atomic mass is 32.2. The third-order valence-corrected chi connectivity index (χ3v) is 4.68. The Bertz CT molecular complexity index is 236. The summed E-state index contributed by atoms with van der Waals surface area (Å²) >= 11 is 2.11. The van der Waals surface area contributed by atoms with Crippen LogP contribution in [-0.2, 0) is 4.74 Å². The first-order valence-corrected chi connectivity index (χ1v) is 7.64. The molecule has 0 aromatic heterocycles. The molecule has 2 aliphatic heterocycles. The molecule has 1 N–H and O–H groups in total. The zero-order valence-electron chi connectivity index (χ0n) is 10.2. The molecule has 0 aliphatic carbocycles. The van der Waals surface area contributed by atoms with E-state index in [1.165, 1.54) is 43.6 Å². The van der Waals surface area contributed by atoms with E-state index >= 15 is 0 Å². The summed E-state index contributed by atoms with van der Waals surface area (Å²) in [6.45, 7) is 4.23. The van der Waals surface area contributed by atoms with Gasteiger partial charge in [-0.2, -0.15) is 11.8 Å². The average molecular weight is 241 g/mol. The van der Waals surface area contributed by atoms with Crippen molar-refractivity contribution in [3.63, 3.8) is 0 Å². The van der Waals surface area contributed by atoms with Crippen molar-refractivity contribution in [3.05, 3.63) is 11.8 Å². The van der Waals surface area contributed by atoms with Crippen LogP contribution >= 0.6 is 11.8 Å². The van der Waals surface area contributed by atoms with E-state index in [4.69, 9.17) is 4.74 Å². The Morgan fingerprint density at radius 1 is 1.56 bits per heavy atom. The van der Waals surface area contributed by atoms with Gasteiger partial charge in [-0.15, -0.1) is 0 Å². The number of allylic oxidation sites excluding steroid dienone is 1. The number of hydrogen-bond donors (Lipinski definition) is 1. The largest absolute Gasteiger partial charge is 0.497 e. The number of ether oxygens (including phenoxy) is 1. The molecule has 2 nitrogen and oxygen atoms in total. The smallest absolute Gasteiger partial charge is 0.110 e. The molecule has 1 fully saturated rings. The topological polar surface area (TPSA) is 21.3 Å². The van der Waals surface area contributed by atoms with Gasteiger partial charge in [0.05, 0.1) is 12.6 Å². The molecule has 2 heterocycles. The second-order valence-corrected chi connectivity index (χ2v) is 5.93. The fourth-order valence-electron chi connectivity index (χ4n) is 2.37. The minimum absolute atomic E-state index is 0.466. The average Bonchev–Trinajstić information content (AvgIpc) is 2.85. The zero-order valence-corrected chi connectivity index (χ0v) is 11.0. The summed E-state index contributed by atoms with van der Waals surface area (Å²) in [6.07, 6.45) is 8.58. The Kier molecular flexibility index (Phi) is 5.04. The molecule has 2 rings (SSSR count). The quantitative estimate of drug-likeness (QED) is 0.799. The van der Waals surface area contributed by atoms with E-state index in [1.54, 1.807) is 0 Å². The minimum Gasteiger partial charge on any atom is -0.497 e. The van der Waals surface area contributed by atoms with Crippen LogP contribution in [0, 0.1) is 0 Å². The minimum atomic E-state index is 0.466. The summed E-state index contributed by atoms with van der Waals surface area (Å²) in [5, 5.41) is 4.40. The van der Waals surface area contributed by atoms with Gasteiger partial charge in [-0.05, 0) is 50.5 Å². The second kappa shape index (κ2) is 6.55. The molecule has 0 saturated carbocycles. The Labute approximate surface area is 103 Å². The molecule has 1 saturated heterocycles. The molecule has 0 aromatic rings. The Hall–Kier alpha value is -0.150. The highest BCUT2D eigenvalue weighted by Crippen LogP contribution is 2.32. The maximum absolute atomic E-state index is 5.83. The van der Waals surface area contributed by atoms with E-state index in [0.29, 0.717) is 6.04 Å². The lowest BCUT2D eigenvalue weighted by atomic mass is 10.0. The molecule has 16 heavy (non-hydrogen) atoms. The summed E-state index contributed by atoms with van der Waals surface area (Å²) in [5.41, 5.74) is 0. The Morgan fingerprint density at radius 2 is 2.50 bits per heavy atom. The van der Waals surface area contributed by atoms with Gasteiger partial charge in [0, 0.05) is 5.25 Å². The normalized spacial score (nSPS) is 27.3. The van der Waals surface area contributed by atoms with Crippen LogP contribution in [0.1, 0.15) is 39.0 Å². The predicted molar refractivity (Wildman–Crippen MR) is 70.8 cm³/mol. The van der Waals surface area contributed by atoms with Crippen LogP contribution in [0.5, 0.6) is 0 Å². The first-order valence-electron chi connectivity index (χ1n) is 6.59. The van der Waals surface area contributed by atoms with Crippen LogP contribution in [0.25, 0.3) is 0 Å². The van der Waals surface area contributed by atoms with Gasteiger partial charge in [0.15, 0.2) is 0 Å². The Morgan fingerprint density at radius 3 is 3.12 bits per heavy atom. The Balaban J connectivity index is 1.97. The molecular weight excluding hydrogens is 218 g/mol. The van der Waals surface area contributed by atoms with Crippen molar-refractivity contribution in [1.29, 1.82) is 0 Å². The number of thioether (sulfide) groups is 1. The van der Waals surface area contributed by atoms with E-state index in [9.17, 15) is 0 Å².